The molecule has 21 heavy (non-hydrogen) atoms. The van der Waals surface area contributed by atoms with Crippen LogP contribution in [0.1, 0.15) is 33.1 Å². The zero-order chi connectivity index (χ0) is 15.0. The monoisotopic (exact) mass is 285 g/mol. The Morgan fingerprint density at radius 2 is 2.14 bits per heavy atom. The van der Waals surface area contributed by atoms with Crippen LogP contribution in [0.5, 0.6) is 0 Å². The Morgan fingerprint density at radius 1 is 1.33 bits per heavy atom. The van der Waals surface area contributed by atoms with Gasteiger partial charge in [0.15, 0.2) is 0 Å². The zero-order valence-electron chi connectivity index (χ0n) is 12.3. The fourth-order valence-corrected chi connectivity index (χ4v) is 3.08. The van der Waals surface area contributed by atoms with Crippen molar-refractivity contribution in [2.24, 2.45) is 5.41 Å². The predicted octanol–water partition coefficient (Wildman–Crippen LogP) is 4.13. The van der Waals surface area contributed by atoms with Crippen molar-refractivity contribution in [3.8, 4) is 0 Å². The van der Waals surface area contributed by atoms with Gasteiger partial charge in [-0.15, -0.1) is 0 Å². The van der Waals surface area contributed by atoms with Gasteiger partial charge in [0.1, 0.15) is 5.82 Å². The number of hydrogen-bond donors (Lipinski definition) is 1. The summed E-state index contributed by atoms with van der Waals surface area (Å²) in [6.07, 6.45) is 3.63. The number of non-ortho nitro benzene ring substituents is 1. The van der Waals surface area contributed by atoms with Gasteiger partial charge in [0, 0.05) is 23.6 Å². The van der Waals surface area contributed by atoms with E-state index in [1.807, 2.05) is 12.1 Å². The smallest absolute Gasteiger partial charge is 0.270 e. The lowest BCUT2D eigenvalue weighted by Gasteiger charge is -2.28. The Balaban J connectivity index is 1.88. The van der Waals surface area contributed by atoms with Crippen molar-refractivity contribution in [2.75, 3.05) is 5.32 Å². The van der Waals surface area contributed by atoms with Gasteiger partial charge >= 0.3 is 0 Å². The van der Waals surface area contributed by atoms with Crippen LogP contribution in [-0.2, 0) is 0 Å². The van der Waals surface area contributed by atoms with Gasteiger partial charge in [-0.3, -0.25) is 10.1 Å². The van der Waals surface area contributed by atoms with E-state index in [9.17, 15) is 10.1 Å². The molecule has 1 aromatic carbocycles. The highest BCUT2D eigenvalue weighted by molar-refractivity contribution is 5.82. The molecule has 5 nitrogen and oxygen atoms in total. The third-order valence-electron chi connectivity index (χ3n) is 4.46. The number of nitro groups is 1. The molecule has 0 radical (unpaired) electrons. The summed E-state index contributed by atoms with van der Waals surface area (Å²) >= 11 is 0. The minimum absolute atomic E-state index is 0.0990. The summed E-state index contributed by atoms with van der Waals surface area (Å²) in [4.78, 5) is 15.0. The second-order valence-electron chi connectivity index (χ2n) is 6.41. The third-order valence-corrected chi connectivity index (χ3v) is 4.46. The van der Waals surface area contributed by atoms with Crippen molar-refractivity contribution >= 4 is 22.4 Å². The van der Waals surface area contributed by atoms with Crippen LogP contribution in [0.2, 0.25) is 0 Å². The van der Waals surface area contributed by atoms with Crippen LogP contribution in [0.25, 0.3) is 10.9 Å². The normalized spacial score (nSPS) is 20.6. The Bertz CT molecular complexity index is 697. The minimum Gasteiger partial charge on any atom is -0.367 e. The number of benzene rings is 1. The van der Waals surface area contributed by atoms with Gasteiger partial charge in [-0.1, -0.05) is 20.3 Å². The molecule has 0 amide bonds. The molecule has 1 fully saturated rings. The van der Waals surface area contributed by atoms with Gasteiger partial charge in [0.05, 0.1) is 10.4 Å². The van der Waals surface area contributed by atoms with Crippen LogP contribution in [0, 0.1) is 15.5 Å². The summed E-state index contributed by atoms with van der Waals surface area (Å²) in [6.45, 7) is 4.56. The summed E-state index contributed by atoms with van der Waals surface area (Å²) in [6, 6.07) is 8.99. The fraction of sp³-hybridized carbons (Fsp3) is 0.438. The zero-order valence-corrected chi connectivity index (χ0v) is 12.3. The fourth-order valence-electron chi connectivity index (χ4n) is 3.08. The molecule has 0 saturated heterocycles. The van der Waals surface area contributed by atoms with Gasteiger partial charge in [0.25, 0.3) is 5.69 Å². The van der Waals surface area contributed by atoms with Crippen LogP contribution in [-0.4, -0.2) is 15.9 Å². The van der Waals surface area contributed by atoms with Crippen LogP contribution < -0.4 is 5.32 Å². The number of nitrogens with zero attached hydrogens (tertiary/aromatic N) is 2. The summed E-state index contributed by atoms with van der Waals surface area (Å²) in [5.74, 6) is 0.844. The first-order valence-electron chi connectivity index (χ1n) is 7.27. The molecule has 2 aromatic rings. The molecule has 1 saturated carbocycles. The molecular weight excluding hydrogens is 266 g/mol. The maximum absolute atomic E-state index is 10.8. The largest absolute Gasteiger partial charge is 0.367 e. The third kappa shape index (κ3) is 2.68. The van der Waals surface area contributed by atoms with Crippen molar-refractivity contribution in [1.82, 2.24) is 4.98 Å². The second kappa shape index (κ2) is 4.98. The Hall–Kier alpha value is -2.17. The molecule has 1 heterocycles. The van der Waals surface area contributed by atoms with Crippen molar-refractivity contribution in [3.63, 3.8) is 0 Å². The maximum atomic E-state index is 10.8. The van der Waals surface area contributed by atoms with Gasteiger partial charge in [-0.05, 0) is 36.5 Å². The van der Waals surface area contributed by atoms with E-state index < -0.39 is 0 Å². The van der Waals surface area contributed by atoms with Crippen LogP contribution >= 0.6 is 0 Å². The lowest BCUT2D eigenvalue weighted by molar-refractivity contribution is -0.384. The highest BCUT2D eigenvalue weighted by Gasteiger charge is 2.34. The summed E-state index contributed by atoms with van der Waals surface area (Å²) in [7, 11) is 0. The van der Waals surface area contributed by atoms with E-state index in [-0.39, 0.29) is 16.0 Å². The van der Waals surface area contributed by atoms with Crippen LogP contribution in [0.3, 0.4) is 0 Å². The predicted molar refractivity (Wildman–Crippen MR) is 83.4 cm³/mol. The number of hydrogen-bond acceptors (Lipinski definition) is 4. The molecular formula is C16H19N3O2. The summed E-state index contributed by atoms with van der Waals surface area (Å²) < 4.78 is 0. The van der Waals surface area contributed by atoms with E-state index in [2.05, 4.69) is 24.1 Å². The SMILES string of the molecule is CC1(C)CCCC1Nc1ccc2cc([N+](=O)[O-])ccc2n1. The van der Waals surface area contributed by atoms with Gasteiger partial charge in [-0.25, -0.2) is 4.98 Å². The Morgan fingerprint density at radius 3 is 2.81 bits per heavy atom. The average molecular weight is 285 g/mol. The van der Waals surface area contributed by atoms with E-state index in [0.717, 1.165) is 23.1 Å². The quantitative estimate of drug-likeness (QED) is 0.680. The maximum Gasteiger partial charge on any atom is 0.270 e. The molecule has 1 atom stereocenters. The molecule has 1 unspecified atom stereocenters. The summed E-state index contributed by atoms with van der Waals surface area (Å²) in [5.41, 5.74) is 1.16. The molecule has 0 aliphatic heterocycles. The first-order chi connectivity index (χ1) is 9.95. The van der Waals surface area contributed by atoms with Crippen molar-refractivity contribution in [1.29, 1.82) is 0 Å². The van der Waals surface area contributed by atoms with Crippen molar-refractivity contribution < 1.29 is 4.92 Å². The van der Waals surface area contributed by atoms with E-state index in [1.54, 1.807) is 12.1 Å². The van der Waals surface area contributed by atoms with Crippen LogP contribution in [0.15, 0.2) is 30.3 Å². The van der Waals surface area contributed by atoms with Gasteiger partial charge in [-0.2, -0.15) is 0 Å². The molecule has 1 N–H and O–H groups in total. The van der Waals surface area contributed by atoms with Crippen LogP contribution in [0.4, 0.5) is 11.5 Å². The molecule has 0 bridgehead atoms. The summed E-state index contributed by atoms with van der Waals surface area (Å²) in [5, 5.41) is 15.1. The standard InChI is InChI=1S/C16H19N3O2/c1-16(2)9-3-4-14(16)18-15-8-5-11-10-12(19(20)21)6-7-13(11)17-15/h5-8,10,14H,3-4,9H2,1-2H3,(H,17,18). The number of aromatic nitrogens is 1. The van der Waals surface area contributed by atoms with E-state index in [4.69, 9.17) is 0 Å². The number of anilines is 1. The number of pyridine rings is 1. The van der Waals surface area contributed by atoms with E-state index in [0.29, 0.717) is 6.04 Å². The molecule has 5 heteroatoms. The number of fused-ring (bicyclic) bond motifs is 1. The van der Waals surface area contributed by atoms with E-state index in [1.165, 1.54) is 18.9 Å². The lowest BCUT2D eigenvalue weighted by atomic mass is 9.87. The molecule has 1 aliphatic rings. The molecule has 1 aromatic heterocycles. The number of nitro benzene ring substituents is 1. The minimum atomic E-state index is -0.382. The lowest BCUT2D eigenvalue weighted by Crippen LogP contribution is -2.31. The molecule has 3 rings (SSSR count). The second-order valence-corrected chi connectivity index (χ2v) is 6.41. The first kappa shape index (κ1) is 13.8. The van der Waals surface area contributed by atoms with Crippen molar-refractivity contribution in [3.05, 3.63) is 40.4 Å². The Labute approximate surface area is 123 Å². The highest BCUT2D eigenvalue weighted by atomic mass is 16.6. The Kier molecular flexibility index (Phi) is 3.27. The molecule has 1 aliphatic carbocycles. The average Bonchev–Trinajstić information content (AvgIpc) is 2.77. The highest BCUT2D eigenvalue weighted by Crippen LogP contribution is 2.38. The van der Waals surface area contributed by atoms with Gasteiger partial charge in [0.2, 0.25) is 0 Å². The van der Waals surface area contributed by atoms with Crippen molar-refractivity contribution in [2.45, 2.75) is 39.2 Å². The molecule has 0 spiro atoms. The van der Waals surface area contributed by atoms with Gasteiger partial charge < -0.3 is 5.32 Å². The first-order valence-corrected chi connectivity index (χ1v) is 7.27. The topological polar surface area (TPSA) is 68.1 Å². The molecule has 110 valence electrons. The number of nitrogens with one attached hydrogen (secondary N) is 1. The number of rotatable bonds is 3. The van der Waals surface area contributed by atoms with E-state index >= 15 is 0 Å².